The first-order chi connectivity index (χ1) is 13.4. The maximum Gasteiger partial charge on any atom is 0.329 e. The number of likely N-dealkylation sites (tertiary alicyclic amines) is 1. The van der Waals surface area contributed by atoms with Crippen molar-refractivity contribution in [2.45, 2.75) is 32.2 Å². The highest BCUT2D eigenvalue weighted by atomic mass is 16.5. The van der Waals surface area contributed by atoms with E-state index in [2.05, 4.69) is 12.2 Å². The van der Waals surface area contributed by atoms with E-state index in [4.69, 9.17) is 4.74 Å². The number of benzene rings is 2. The number of carbonyl (C=O) groups excluding carboxylic acids is 2. The molecule has 2 heterocycles. The third-order valence-electron chi connectivity index (χ3n) is 6.26. The third-order valence-corrected chi connectivity index (χ3v) is 6.26. The van der Waals surface area contributed by atoms with Crippen molar-refractivity contribution in [1.29, 1.82) is 0 Å². The minimum atomic E-state index is -1.03. The molecule has 28 heavy (non-hydrogen) atoms. The molecule has 6 nitrogen and oxygen atoms in total. The van der Waals surface area contributed by atoms with Crippen molar-refractivity contribution < 1.29 is 19.2 Å². The zero-order valence-corrected chi connectivity index (χ0v) is 16.7. The average molecular weight is 382 g/mol. The summed E-state index contributed by atoms with van der Waals surface area (Å²) in [5.74, 6) is 1.35. The zero-order chi connectivity index (χ0) is 19.9. The Kier molecular flexibility index (Phi) is 4.75. The van der Waals surface area contributed by atoms with Gasteiger partial charge in [0.25, 0.3) is 5.91 Å². The number of hydrogen-bond acceptors (Lipinski definition) is 3. The van der Waals surface area contributed by atoms with Gasteiger partial charge in [-0.3, -0.25) is 4.79 Å². The van der Waals surface area contributed by atoms with Crippen molar-refractivity contribution in [2.24, 2.45) is 5.92 Å². The molecule has 0 unspecified atom stereocenters. The number of rotatable bonds is 4. The summed E-state index contributed by atoms with van der Waals surface area (Å²) in [4.78, 5) is 28.5. The Morgan fingerprint density at radius 1 is 1.14 bits per heavy atom. The molecule has 2 saturated heterocycles. The van der Waals surface area contributed by atoms with E-state index < -0.39 is 5.54 Å². The number of imide groups is 1. The Morgan fingerprint density at radius 2 is 1.82 bits per heavy atom. The van der Waals surface area contributed by atoms with E-state index in [9.17, 15) is 9.59 Å². The Balaban J connectivity index is 1.58. The number of amides is 3. The molecule has 2 N–H and O–H groups in total. The number of urea groups is 1. The molecule has 0 aromatic heterocycles. The van der Waals surface area contributed by atoms with Crippen LogP contribution in [0.15, 0.2) is 36.4 Å². The van der Waals surface area contributed by atoms with Crippen LogP contribution in [0.2, 0.25) is 0 Å². The topological polar surface area (TPSA) is 63.1 Å². The third kappa shape index (κ3) is 3.22. The highest BCUT2D eigenvalue weighted by Crippen LogP contribution is 2.31. The molecule has 3 amide bonds. The van der Waals surface area contributed by atoms with Crippen LogP contribution in [-0.2, 0) is 10.3 Å². The monoisotopic (exact) mass is 382 g/mol. The van der Waals surface area contributed by atoms with E-state index >= 15 is 0 Å². The lowest BCUT2D eigenvalue weighted by molar-refractivity contribution is -0.913. The molecule has 0 aliphatic carbocycles. The van der Waals surface area contributed by atoms with Crippen LogP contribution in [0.1, 0.15) is 32.3 Å². The van der Waals surface area contributed by atoms with Gasteiger partial charge < -0.3 is 15.0 Å². The second-order valence-corrected chi connectivity index (χ2v) is 8.31. The van der Waals surface area contributed by atoms with Crippen LogP contribution in [0.5, 0.6) is 5.75 Å². The molecule has 2 aromatic carbocycles. The molecular weight excluding hydrogens is 354 g/mol. The van der Waals surface area contributed by atoms with Crippen molar-refractivity contribution in [3.05, 3.63) is 42.0 Å². The standard InChI is InChI=1S/C22H27N3O3/c1-15-8-10-24(11-9-15)14-25-20(26)22(2,23-21(25)27)18-6-4-17-13-19(28-3)7-5-16(17)12-18/h4-7,12-13,15H,8-11,14H2,1-3H3,(H,23,27)/p+1/t22-/m1/s1. The summed E-state index contributed by atoms with van der Waals surface area (Å²) < 4.78 is 5.28. The number of nitrogens with one attached hydrogen (secondary N) is 2. The summed E-state index contributed by atoms with van der Waals surface area (Å²) in [5, 5.41) is 4.98. The smallest absolute Gasteiger partial charge is 0.329 e. The molecule has 0 bridgehead atoms. The van der Waals surface area contributed by atoms with Gasteiger partial charge in [0.2, 0.25) is 0 Å². The minimum Gasteiger partial charge on any atom is -0.497 e. The zero-order valence-electron chi connectivity index (χ0n) is 16.7. The lowest BCUT2D eigenvalue weighted by Gasteiger charge is -2.29. The van der Waals surface area contributed by atoms with E-state index in [1.807, 2.05) is 36.4 Å². The number of quaternary nitrogens is 1. The van der Waals surface area contributed by atoms with Crippen LogP contribution in [0.4, 0.5) is 4.79 Å². The van der Waals surface area contributed by atoms with E-state index in [0.717, 1.165) is 53.9 Å². The van der Waals surface area contributed by atoms with Crippen LogP contribution >= 0.6 is 0 Å². The van der Waals surface area contributed by atoms with Crippen LogP contribution in [0.25, 0.3) is 10.8 Å². The van der Waals surface area contributed by atoms with E-state index in [1.54, 1.807) is 14.0 Å². The van der Waals surface area contributed by atoms with Gasteiger partial charge in [-0.2, -0.15) is 0 Å². The van der Waals surface area contributed by atoms with Gasteiger partial charge in [0.05, 0.1) is 20.2 Å². The van der Waals surface area contributed by atoms with Gasteiger partial charge in [0, 0.05) is 0 Å². The summed E-state index contributed by atoms with van der Waals surface area (Å²) in [7, 11) is 1.64. The van der Waals surface area contributed by atoms with Crippen LogP contribution < -0.4 is 15.0 Å². The molecule has 0 spiro atoms. The highest BCUT2D eigenvalue weighted by molar-refractivity contribution is 6.07. The molecule has 0 saturated carbocycles. The number of fused-ring (bicyclic) bond motifs is 1. The molecule has 148 valence electrons. The van der Waals surface area contributed by atoms with Gasteiger partial charge >= 0.3 is 6.03 Å². The Morgan fingerprint density at radius 3 is 2.54 bits per heavy atom. The van der Waals surface area contributed by atoms with E-state index in [0.29, 0.717) is 6.67 Å². The quantitative estimate of drug-likeness (QED) is 0.794. The molecular formula is C22H28N3O3+. The first kappa shape index (κ1) is 18.7. The summed E-state index contributed by atoms with van der Waals surface area (Å²) >= 11 is 0. The molecule has 6 heteroatoms. The van der Waals surface area contributed by atoms with Crippen LogP contribution in [0, 0.1) is 5.92 Å². The van der Waals surface area contributed by atoms with Gasteiger partial charge in [-0.25, -0.2) is 9.69 Å². The fraction of sp³-hybridized carbons (Fsp3) is 0.455. The number of nitrogens with zero attached hydrogens (tertiary/aromatic N) is 1. The average Bonchev–Trinajstić information content (AvgIpc) is 2.92. The maximum atomic E-state index is 13.2. The number of carbonyl (C=O) groups is 2. The van der Waals surface area contributed by atoms with Gasteiger partial charge in [0.15, 0.2) is 6.67 Å². The van der Waals surface area contributed by atoms with Gasteiger partial charge in [0.1, 0.15) is 11.3 Å². The maximum absolute atomic E-state index is 13.2. The normalized spacial score (nSPS) is 27.9. The number of piperidine rings is 1. The van der Waals surface area contributed by atoms with Gasteiger partial charge in [-0.15, -0.1) is 0 Å². The second-order valence-electron chi connectivity index (χ2n) is 8.31. The SMILES string of the molecule is COc1ccc2cc([C@@]3(C)NC(=O)N(C[NH+]4CCC(C)CC4)C3=O)ccc2c1. The van der Waals surface area contributed by atoms with Crippen LogP contribution in [-0.4, -0.2) is 43.7 Å². The molecule has 2 aromatic rings. The molecule has 0 radical (unpaired) electrons. The van der Waals surface area contributed by atoms with Crippen LogP contribution in [0.3, 0.4) is 0 Å². The Hall–Kier alpha value is -2.60. The fourth-order valence-electron chi connectivity index (χ4n) is 4.25. The van der Waals surface area contributed by atoms with Crippen molar-refractivity contribution >= 4 is 22.7 Å². The van der Waals surface area contributed by atoms with Crippen molar-refractivity contribution in [3.63, 3.8) is 0 Å². The Labute approximate surface area is 165 Å². The van der Waals surface area contributed by atoms with Gasteiger partial charge in [-0.1, -0.05) is 25.1 Å². The van der Waals surface area contributed by atoms with Gasteiger partial charge in [-0.05, 0) is 60.2 Å². The summed E-state index contributed by atoms with van der Waals surface area (Å²) in [6, 6.07) is 11.4. The fourth-order valence-corrected chi connectivity index (χ4v) is 4.25. The summed E-state index contributed by atoms with van der Waals surface area (Å²) in [5.41, 5.74) is -0.235. The van der Waals surface area contributed by atoms with E-state index in [1.165, 1.54) is 9.80 Å². The molecule has 2 fully saturated rings. The lowest BCUT2D eigenvalue weighted by atomic mass is 9.90. The molecule has 2 aliphatic heterocycles. The largest absolute Gasteiger partial charge is 0.497 e. The number of hydrogen-bond donors (Lipinski definition) is 2. The predicted molar refractivity (Wildman–Crippen MR) is 107 cm³/mol. The lowest BCUT2D eigenvalue weighted by Crippen LogP contribution is -3.14. The summed E-state index contributed by atoms with van der Waals surface area (Å²) in [6.45, 7) is 6.51. The summed E-state index contributed by atoms with van der Waals surface area (Å²) in [6.07, 6.45) is 2.29. The molecule has 2 aliphatic rings. The van der Waals surface area contributed by atoms with Crippen molar-refractivity contribution in [1.82, 2.24) is 10.2 Å². The second kappa shape index (κ2) is 7.09. The van der Waals surface area contributed by atoms with Crippen molar-refractivity contribution in [3.8, 4) is 5.75 Å². The first-order valence-electron chi connectivity index (χ1n) is 9.96. The number of methoxy groups -OCH3 is 1. The first-order valence-corrected chi connectivity index (χ1v) is 9.96. The predicted octanol–water partition coefficient (Wildman–Crippen LogP) is 1.89. The Bertz CT molecular complexity index is 920. The number of ether oxygens (including phenoxy) is 1. The van der Waals surface area contributed by atoms with Crippen molar-refractivity contribution in [2.75, 3.05) is 26.9 Å². The molecule has 4 rings (SSSR count). The highest BCUT2D eigenvalue weighted by Gasteiger charge is 2.50. The minimum absolute atomic E-state index is 0.170. The molecule has 1 atom stereocenters. The van der Waals surface area contributed by atoms with E-state index in [-0.39, 0.29) is 11.9 Å².